The van der Waals surface area contributed by atoms with Crippen LogP contribution in [0, 0.1) is 24.2 Å². The predicted octanol–water partition coefficient (Wildman–Crippen LogP) is 5.37. The Balaban J connectivity index is 1.86. The minimum Gasteiger partial charge on any atom is -0.480 e. The topological polar surface area (TPSA) is 112 Å². The van der Waals surface area contributed by atoms with Crippen molar-refractivity contribution in [3.05, 3.63) is 59.3 Å². The van der Waals surface area contributed by atoms with Crippen LogP contribution in [0.1, 0.15) is 56.5 Å². The molecule has 228 valence electrons. The summed E-state index contributed by atoms with van der Waals surface area (Å²) >= 11 is 0. The molecule has 2 fully saturated rings. The number of carboxylic acids is 1. The number of hydrogen-bond donors (Lipinski definition) is 2. The smallest absolute Gasteiger partial charge is 0.416 e. The number of rotatable bonds is 5. The molecular weight excluding hydrogens is 553 g/mol. The second-order valence-electron chi connectivity index (χ2n) is 12.1. The van der Waals surface area contributed by atoms with Gasteiger partial charge in [0.05, 0.1) is 30.7 Å². The van der Waals surface area contributed by atoms with E-state index in [4.69, 9.17) is 4.74 Å². The lowest BCUT2D eigenvalue weighted by Gasteiger charge is -2.37. The van der Waals surface area contributed by atoms with Gasteiger partial charge in [-0.2, -0.15) is 13.2 Å². The fraction of sp³-hybridized carbons (Fsp3) is 0.533. The number of alkyl halides is 3. The number of aromatic nitrogens is 1. The van der Waals surface area contributed by atoms with Crippen LogP contribution < -0.4 is 5.32 Å². The SMILES string of the molecule is COC(=O)N1CCC[C@H](C(=O)N2C(C(=O)O)C(C(C)(C)C)C(Nc3cc(C(F)(F)F)cc(C)n3)C2c2ccccc2)C1. The van der Waals surface area contributed by atoms with E-state index in [1.165, 1.54) is 23.8 Å². The second kappa shape index (κ2) is 11.8. The van der Waals surface area contributed by atoms with Gasteiger partial charge < -0.3 is 25.0 Å². The number of piperidine rings is 1. The Morgan fingerprint density at radius 2 is 1.76 bits per heavy atom. The van der Waals surface area contributed by atoms with Crippen LogP contribution in [-0.2, 0) is 20.5 Å². The Labute approximate surface area is 243 Å². The summed E-state index contributed by atoms with van der Waals surface area (Å²) in [5, 5.41) is 13.8. The number of aliphatic carboxylic acids is 1. The molecule has 1 aromatic carbocycles. The summed E-state index contributed by atoms with van der Waals surface area (Å²) in [5.74, 6) is -3.13. The van der Waals surface area contributed by atoms with Gasteiger partial charge in [-0.3, -0.25) is 4.79 Å². The van der Waals surface area contributed by atoms with E-state index < -0.39 is 65.1 Å². The summed E-state index contributed by atoms with van der Waals surface area (Å²) in [6.45, 7) is 7.49. The number of halogens is 3. The Morgan fingerprint density at radius 1 is 1.10 bits per heavy atom. The molecule has 0 saturated carbocycles. The average Bonchev–Trinajstić information content (AvgIpc) is 3.27. The van der Waals surface area contributed by atoms with Gasteiger partial charge in [0.1, 0.15) is 11.9 Å². The van der Waals surface area contributed by atoms with Crippen molar-refractivity contribution in [3.8, 4) is 0 Å². The van der Waals surface area contributed by atoms with Crippen LogP contribution in [0.2, 0.25) is 0 Å². The first-order chi connectivity index (χ1) is 19.6. The zero-order valence-corrected chi connectivity index (χ0v) is 24.3. The number of carbonyl (C=O) groups excluding carboxylic acids is 2. The molecule has 1 aromatic heterocycles. The standard InChI is InChI=1S/C30H37F3N4O5/c1-17-14-20(30(31,32)33)15-21(34-17)35-23-22(29(2,3)4)25(27(39)40)37(24(23)18-10-7-6-8-11-18)26(38)19-12-9-13-36(16-19)28(41)42-5/h6-8,10-11,14-15,19,22-25H,9,12-13,16H2,1-5H3,(H,34,35)(H,39,40)/t19-,22?,23?,24?,25?/m0/s1. The van der Waals surface area contributed by atoms with Crippen molar-refractivity contribution in [1.82, 2.24) is 14.8 Å². The number of pyridine rings is 1. The fourth-order valence-corrected chi connectivity index (χ4v) is 6.42. The predicted molar refractivity (Wildman–Crippen MR) is 148 cm³/mol. The lowest BCUT2D eigenvalue weighted by molar-refractivity contribution is -0.154. The zero-order chi connectivity index (χ0) is 31.0. The van der Waals surface area contributed by atoms with E-state index in [0.717, 1.165) is 12.1 Å². The third-order valence-electron chi connectivity index (χ3n) is 8.11. The first-order valence-electron chi connectivity index (χ1n) is 13.9. The van der Waals surface area contributed by atoms with Gasteiger partial charge in [-0.25, -0.2) is 14.6 Å². The van der Waals surface area contributed by atoms with Gasteiger partial charge in [-0.1, -0.05) is 51.1 Å². The molecule has 9 nitrogen and oxygen atoms in total. The lowest BCUT2D eigenvalue weighted by Crippen LogP contribution is -2.52. The number of methoxy groups -OCH3 is 1. The van der Waals surface area contributed by atoms with E-state index in [-0.39, 0.29) is 18.1 Å². The van der Waals surface area contributed by atoms with Crippen molar-refractivity contribution in [2.24, 2.45) is 17.3 Å². The van der Waals surface area contributed by atoms with Crippen LogP contribution in [-0.4, -0.2) is 70.1 Å². The van der Waals surface area contributed by atoms with Gasteiger partial charge >= 0.3 is 18.2 Å². The molecule has 0 aliphatic carbocycles. The number of anilines is 1. The third-order valence-corrected chi connectivity index (χ3v) is 8.11. The Bertz CT molecular complexity index is 1310. The van der Waals surface area contributed by atoms with Gasteiger partial charge in [0.25, 0.3) is 0 Å². The van der Waals surface area contributed by atoms with Gasteiger partial charge in [-0.05, 0) is 42.9 Å². The molecule has 4 unspecified atom stereocenters. The maximum atomic E-state index is 14.4. The van der Waals surface area contributed by atoms with Crippen LogP contribution in [0.3, 0.4) is 0 Å². The van der Waals surface area contributed by atoms with Crippen LogP contribution in [0.15, 0.2) is 42.5 Å². The summed E-state index contributed by atoms with van der Waals surface area (Å²) in [6.07, 6.45) is -4.20. The normalized spacial score (nSPS) is 24.8. The highest BCUT2D eigenvalue weighted by Gasteiger charge is 2.59. The Morgan fingerprint density at radius 3 is 2.33 bits per heavy atom. The van der Waals surface area contributed by atoms with Crippen LogP contribution in [0.4, 0.5) is 23.8 Å². The molecule has 3 heterocycles. The summed E-state index contributed by atoms with van der Waals surface area (Å²) < 4.78 is 46.0. The number of nitrogens with one attached hydrogen (secondary N) is 1. The van der Waals surface area contributed by atoms with E-state index in [1.807, 2.05) is 20.8 Å². The van der Waals surface area contributed by atoms with Crippen molar-refractivity contribution >= 4 is 23.8 Å². The monoisotopic (exact) mass is 590 g/mol. The maximum Gasteiger partial charge on any atom is 0.416 e. The van der Waals surface area contributed by atoms with Crippen molar-refractivity contribution < 1.29 is 37.4 Å². The van der Waals surface area contributed by atoms with E-state index in [1.54, 1.807) is 30.3 Å². The number of aryl methyl sites for hydroxylation is 1. The van der Waals surface area contributed by atoms with Crippen molar-refractivity contribution in [2.45, 2.75) is 64.8 Å². The van der Waals surface area contributed by atoms with Crippen LogP contribution in [0.25, 0.3) is 0 Å². The Kier molecular flexibility index (Phi) is 8.75. The maximum absolute atomic E-state index is 14.4. The molecule has 0 spiro atoms. The van der Waals surface area contributed by atoms with Gasteiger partial charge in [0, 0.05) is 24.7 Å². The number of amides is 2. The molecule has 2 aliphatic rings. The molecule has 2 aliphatic heterocycles. The van der Waals surface area contributed by atoms with Gasteiger partial charge in [-0.15, -0.1) is 0 Å². The molecule has 2 saturated heterocycles. The fourth-order valence-electron chi connectivity index (χ4n) is 6.42. The van der Waals surface area contributed by atoms with Crippen LogP contribution >= 0.6 is 0 Å². The number of carboxylic acid groups (broad SMARTS) is 1. The average molecular weight is 591 g/mol. The second-order valence-corrected chi connectivity index (χ2v) is 12.1. The lowest BCUT2D eigenvalue weighted by atomic mass is 9.72. The molecule has 0 radical (unpaired) electrons. The zero-order valence-electron chi connectivity index (χ0n) is 24.3. The highest BCUT2D eigenvalue weighted by atomic mass is 19.4. The highest BCUT2D eigenvalue weighted by Crippen LogP contribution is 2.50. The Hall–Kier alpha value is -3.83. The number of ether oxygens (including phenoxy) is 1. The van der Waals surface area contributed by atoms with Crippen LogP contribution in [0.5, 0.6) is 0 Å². The quantitative estimate of drug-likeness (QED) is 0.482. The summed E-state index contributed by atoms with van der Waals surface area (Å²) in [7, 11) is 1.26. The number of likely N-dealkylation sites (tertiary alicyclic amines) is 2. The molecule has 2 aromatic rings. The highest BCUT2D eigenvalue weighted by molar-refractivity contribution is 5.88. The summed E-state index contributed by atoms with van der Waals surface area (Å²) in [5.41, 5.74) is -0.816. The molecule has 2 N–H and O–H groups in total. The first kappa shape index (κ1) is 31.1. The molecule has 12 heteroatoms. The molecule has 2 amide bonds. The number of nitrogens with zero attached hydrogens (tertiary/aromatic N) is 3. The molecule has 42 heavy (non-hydrogen) atoms. The van der Waals surface area contributed by atoms with E-state index in [9.17, 15) is 32.7 Å². The van der Waals surface area contributed by atoms with E-state index >= 15 is 0 Å². The number of hydrogen-bond acceptors (Lipinski definition) is 6. The van der Waals surface area contributed by atoms with E-state index in [0.29, 0.717) is 24.9 Å². The van der Waals surface area contributed by atoms with Gasteiger partial charge in [0.15, 0.2) is 0 Å². The van der Waals surface area contributed by atoms with Crippen molar-refractivity contribution in [3.63, 3.8) is 0 Å². The van der Waals surface area contributed by atoms with Gasteiger partial charge in [0.2, 0.25) is 5.91 Å². The molecular formula is C30H37F3N4O5. The molecule has 5 atom stereocenters. The minimum absolute atomic E-state index is 0.0597. The third kappa shape index (κ3) is 6.32. The van der Waals surface area contributed by atoms with Crippen molar-refractivity contribution in [1.29, 1.82) is 0 Å². The summed E-state index contributed by atoms with van der Waals surface area (Å²) in [4.78, 5) is 46.8. The van der Waals surface area contributed by atoms with E-state index in [2.05, 4.69) is 10.3 Å². The largest absolute Gasteiger partial charge is 0.480 e. The number of benzene rings is 1. The summed E-state index contributed by atoms with van der Waals surface area (Å²) in [6, 6.07) is 7.75. The van der Waals surface area contributed by atoms with Crippen molar-refractivity contribution in [2.75, 3.05) is 25.5 Å². The first-order valence-corrected chi connectivity index (χ1v) is 13.9. The number of carbonyl (C=O) groups is 3. The molecule has 4 rings (SSSR count). The minimum atomic E-state index is -4.61. The molecule has 0 bridgehead atoms.